The maximum atomic E-state index is 12.2. The fourth-order valence-electron chi connectivity index (χ4n) is 2.50. The smallest absolute Gasteiger partial charge is 0.337 e. The van der Waals surface area contributed by atoms with E-state index in [1.54, 1.807) is 24.4 Å². The monoisotopic (exact) mass is 245 g/mol. The molecule has 1 atom stereocenters. The Bertz CT molecular complexity index is 609. The first-order valence-corrected chi connectivity index (χ1v) is 5.68. The van der Waals surface area contributed by atoms with E-state index in [-0.39, 0.29) is 17.1 Å². The Morgan fingerprint density at radius 2 is 2.22 bits per heavy atom. The fourth-order valence-corrected chi connectivity index (χ4v) is 2.50. The quantitative estimate of drug-likeness (QED) is 0.841. The van der Waals surface area contributed by atoms with E-state index in [2.05, 4.69) is 0 Å². The minimum Gasteiger partial charge on any atom is -0.478 e. The second-order valence-corrected chi connectivity index (χ2v) is 4.30. The second-order valence-electron chi connectivity index (χ2n) is 4.30. The highest BCUT2D eigenvalue weighted by Crippen LogP contribution is 2.34. The molecule has 18 heavy (non-hydrogen) atoms. The lowest BCUT2D eigenvalue weighted by atomic mass is 9.95. The van der Waals surface area contributed by atoms with Gasteiger partial charge in [0.05, 0.1) is 17.7 Å². The van der Waals surface area contributed by atoms with Gasteiger partial charge in [-0.05, 0) is 24.6 Å². The molecule has 1 N–H and O–H groups in total. The van der Waals surface area contributed by atoms with Crippen molar-refractivity contribution in [2.75, 3.05) is 0 Å². The van der Waals surface area contributed by atoms with Crippen molar-refractivity contribution in [2.24, 2.45) is 0 Å². The standard InChI is InChI=1S/C13H11NO4/c15-12(10-2-1-7-18-10)8-3-5-14-6-4-9(11(8)14)13(16)17/h1-2,4,6-8H,3,5H2,(H,16,17). The molecular formula is C13H11NO4. The Morgan fingerprint density at radius 3 is 2.89 bits per heavy atom. The van der Waals surface area contributed by atoms with Crippen molar-refractivity contribution in [3.8, 4) is 0 Å². The zero-order chi connectivity index (χ0) is 12.7. The molecule has 0 aromatic carbocycles. The van der Waals surface area contributed by atoms with Gasteiger partial charge in [0.2, 0.25) is 5.78 Å². The van der Waals surface area contributed by atoms with Gasteiger partial charge in [-0.1, -0.05) is 0 Å². The second kappa shape index (κ2) is 3.87. The molecule has 3 heterocycles. The summed E-state index contributed by atoms with van der Waals surface area (Å²) in [6, 6.07) is 4.80. The number of aryl methyl sites for hydroxylation is 1. The molecule has 1 unspecified atom stereocenters. The van der Waals surface area contributed by atoms with E-state index < -0.39 is 11.9 Å². The molecule has 1 aliphatic heterocycles. The van der Waals surface area contributed by atoms with Crippen LogP contribution in [0.4, 0.5) is 0 Å². The van der Waals surface area contributed by atoms with Crippen molar-refractivity contribution in [1.29, 1.82) is 0 Å². The summed E-state index contributed by atoms with van der Waals surface area (Å²) in [5.41, 5.74) is 0.793. The number of carboxylic acid groups (broad SMARTS) is 1. The number of furan rings is 1. The molecule has 0 saturated heterocycles. The van der Waals surface area contributed by atoms with Gasteiger partial charge in [-0.15, -0.1) is 0 Å². The van der Waals surface area contributed by atoms with Crippen LogP contribution in [0.2, 0.25) is 0 Å². The molecular weight excluding hydrogens is 234 g/mol. The average molecular weight is 245 g/mol. The van der Waals surface area contributed by atoms with Gasteiger partial charge in [0.15, 0.2) is 5.76 Å². The number of aromatic carboxylic acids is 1. The zero-order valence-corrected chi connectivity index (χ0v) is 9.50. The van der Waals surface area contributed by atoms with Crippen LogP contribution >= 0.6 is 0 Å². The van der Waals surface area contributed by atoms with Crippen molar-refractivity contribution in [1.82, 2.24) is 4.57 Å². The lowest BCUT2D eigenvalue weighted by molar-refractivity contribution is 0.0695. The topological polar surface area (TPSA) is 72.4 Å². The molecule has 3 rings (SSSR count). The number of carbonyl (C=O) groups is 2. The fraction of sp³-hybridized carbons (Fsp3) is 0.231. The molecule has 92 valence electrons. The van der Waals surface area contributed by atoms with Crippen LogP contribution in [0.15, 0.2) is 35.1 Å². The van der Waals surface area contributed by atoms with Crippen LogP contribution < -0.4 is 0 Å². The average Bonchev–Trinajstić information content (AvgIpc) is 3.05. The van der Waals surface area contributed by atoms with Gasteiger partial charge >= 0.3 is 5.97 Å². The van der Waals surface area contributed by atoms with Crippen molar-refractivity contribution in [3.63, 3.8) is 0 Å². The molecule has 0 spiro atoms. The lowest BCUT2D eigenvalue weighted by Gasteiger charge is -2.07. The highest BCUT2D eigenvalue weighted by molar-refractivity contribution is 6.01. The highest BCUT2D eigenvalue weighted by atomic mass is 16.4. The van der Waals surface area contributed by atoms with Crippen LogP contribution in [0.3, 0.4) is 0 Å². The van der Waals surface area contributed by atoms with Gasteiger partial charge in [-0.2, -0.15) is 0 Å². The summed E-state index contributed by atoms with van der Waals surface area (Å²) in [5.74, 6) is -1.29. The molecule has 0 aliphatic carbocycles. The minimum absolute atomic E-state index is 0.153. The number of fused-ring (bicyclic) bond motifs is 1. The van der Waals surface area contributed by atoms with Crippen LogP contribution in [0.1, 0.15) is 38.9 Å². The van der Waals surface area contributed by atoms with Crippen LogP contribution in [-0.4, -0.2) is 21.4 Å². The molecule has 5 heteroatoms. The maximum Gasteiger partial charge on any atom is 0.337 e. The molecule has 2 aromatic rings. The number of hydrogen-bond acceptors (Lipinski definition) is 3. The molecule has 0 saturated carbocycles. The number of rotatable bonds is 3. The molecule has 5 nitrogen and oxygen atoms in total. The van der Waals surface area contributed by atoms with E-state index in [4.69, 9.17) is 9.52 Å². The number of carboxylic acids is 1. The Balaban J connectivity index is 2.02. The van der Waals surface area contributed by atoms with Crippen LogP contribution in [-0.2, 0) is 6.54 Å². The summed E-state index contributed by atoms with van der Waals surface area (Å²) in [6.45, 7) is 0.666. The van der Waals surface area contributed by atoms with Gasteiger partial charge in [0, 0.05) is 18.4 Å². The number of nitrogens with zero attached hydrogens (tertiary/aromatic N) is 1. The summed E-state index contributed by atoms with van der Waals surface area (Å²) in [7, 11) is 0. The van der Waals surface area contributed by atoms with Crippen molar-refractivity contribution < 1.29 is 19.1 Å². The van der Waals surface area contributed by atoms with E-state index in [0.717, 1.165) is 0 Å². The predicted molar refractivity (Wildman–Crippen MR) is 61.8 cm³/mol. The molecule has 0 bridgehead atoms. The summed E-state index contributed by atoms with van der Waals surface area (Å²) < 4.78 is 6.92. The van der Waals surface area contributed by atoms with Crippen molar-refractivity contribution in [2.45, 2.75) is 18.9 Å². The van der Waals surface area contributed by atoms with Gasteiger partial charge in [-0.3, -0.25) is 4.79 Å². The first-order chi connectivity index (χ1) is 8.68. The molecule has 0 radical (unpaired) electrons. The summed E-state index contributed by atoms with van der Waals surface area (Å²) >= 11 is 0. The van der Waals surface area contributed by atoms with Gasteiger partial charge in [0.25, 0.3) is 0 Å². The summed E-state index contributed by atoms with van der Waals surface area (Å²) in [6.07, 6.45) is 3.78. The summed E-state index contributed by atoms with van der Waals surface area (Å²) in [5, 5.41) is 9.12. The normalized spacial score (nSPS) is 17.7. The zero-order valence-electron chi connectivity index (χ0n) is 9.50. The van der Waals surface area contributed by atoms with Crippen LogP contribution in [0, 0.1) is 0 Å². The van der Waals surface area contributed by atoms with Crippen molar-refractivity contribution >= 4 is 11.8 Å². The third-order valence-electron chi connectivity index (χ3n) is 3.31. The van der Waals surface area contributed by atoms with E-state index in [1.165, 1.54) is 6.26 Å². The Kier molecular flexibility index (Phi) is 2.33. The lowest BCUT2D eigenvalue weighted by Crippen LogP contribution is -2.12. The third kappa shape index (κ3) is 1.48. The predicted octanol–water partition coefficient (Wildman–Crippen LogP) is 2.15. The SMILES string of the molecule is O=C(O)c1ccn2c1C(C(=O)c1ccco1)CC2. The molecule has 0 amide bonds. The van der Waals surface area contributed by atoms with Gasteiger partial charge in [-0.25, -0.2) is 4.79 Å². The number of hydrogen-bond donors (Lipinski definition) is 1. The first-order valence-electron chi connectivity index (χ1n) is 5.68. The van der Waals surface area contributed by atoms with Gasteiger partial charge in [0.1, 0.15) is 0 Å². The van der Waals surface area contributed by atoms with Crippen LogP contribution in [0.5, 0.6) is 0 Å². The number of ketones is 1. The molecule has 2 aromatic heterocycles. The van der Waals surface area contributed by atoms with E-state index >= 15 is 0 Å². The molecule has 1 aliphatic rings. The minimum atomic E-state index is -0.997. The summed E-state index contributed by atoms with van der Waals surface area (Å²) in [4.78, 5) is 23.4. The van der Waals surface area contributed by atoms with E-state index in [9.17, 15) is 9.59 Å². The number of carbonyl (C=O) groups excluding carboxylic acids is 1. The Hall–Kier alpha value is -2.30. The van der Waals surface area contributed by atoms with Crippen LogP contribution in [0.25, 0.3) is 0 Å². The Labute approximate surface area is 103 Å². The largest absolute Gasteiger partial charge is 0.478 e. The Morgan fingerprint density at radius 1 is 1.39 bits per heavy atom. The van der Waals surface area contributed by atoms with E-state index in [0.29, 0.717) is 18.7 Å². The maximum absolute atomic E-state index is 12.2. The highest BCUT2D eigenvalue weighted by Gasteiger charge is 2.34. The van der Waals surface area contributed by atoms with Gasteiger partial charge < -0.3 is 14.1 Å². The number of Topliss-reactive ketones (excluding diaryl/α,β-unsaturated/α-hetero) is 1. The number of aromatic nitrogens is 1. The van der Waals surface area contributed by atoms with E-state index in [1.807, 2.05) is 4.57 Å². The van der Waals surface area contributed by atoms with Crippen molar-refractivity contribution in [3.05, 3.63) is 47.7 Å². The third-order valence-corrected chi connectivity index (χ3v) is 3.31. The molecule has 0 fully saturated rings. The first kappa shape index (κ1) is 10.8.